The van der Waals surface area contributed by atoms with Gasteiger partial charge in [0.25, 0.3) is 0 Å². The van der Waals surface area contributed by atoms with E-state index in [2.05, 4.69) is 40.6 Å². The van der Waals surface area contributed by atoms with E-state index in [4.69, 9.17) is 11.6 Å². The minimum absolute atomic E-state index is 0.0619. The molecule has 0 bridgehead atoms. The fraction of sp³-hybridized carbons (Fsp3) is 0.333. The molecule has 0 radical (unpaired) electrons. The predicted octanol–water partition coefficient (Wildman–Crippen LogP) is 3.98. The maximum Gasteiger partial charge on any atom is 0.0407 e. The number of nitrogens with one attached hydrogen (secondary N) is 2. The van der Waals surface area contributed by atoms with Gasteiger partial charge in [0, 0.05) is 34.9 Å². The highest BCUT2D eigenvalue weighted by atomic mass is 35.5. The number of allylic oxidation sites excluding steroid dienone is 2. The van der Waals surface area contributed by atoms with E-state index < -0.39 is 0 Å². The van der Waals surface area contributed by atoms with Crippen LogP contribution in [0.15, 0.2) is 60.3 Å². The molecule has 1 aliphatic carbocycles. The SMILES string of the molecule is C=CC12CC=C(Nc3ccc(Cl)cc3)C=C1CCN(NC)C2. The van der Waals surface area contributed by atoms with Crippen LogP contribution >= 0.6 is 11.6 Å². The van der Waals surface area contributed by atoms with Gasteiger partial charge in [-0.2, -0.15) is 0 Å². The lowest BCUT2D eigenvalue weighted by Gasteiger charge is -2.44. The standard InChI is InChI=1S/C18H22ClN3/c1-3-18-10-8-17(21-16-6-4-15(19)5-7-16)12-14(18)9-11-22(13-18)20-2/h3-8,12,20-21H,1,9-11,13H2,2H3. The second-order valence-corrected chi connectivity index (χ2v) is 6.36. The molecule has 22 heavy (non-hydrogen) atoms. The van der Waals surface area contributed by atoms with Crippen molar-refractivity contribution < 1.29 is 0 Å². The Hall–Kier alpha value is -1.55. The first kappa shape index (κ1) is 15.3. The monoisotopic (exact) mass is 315 g/mol. The number of piperidine rings is 1. The van der Waals surface area contributed by atoms with Gasteiger partial charge >= 0.3 is 0 Å². The smallest absolute Gasteiger partial charge is 0.0407 e. The van der Waals surface area contributed by atoms with E-state index in [0.717, 1.165) is 42.3 Å². The van der Waals surface area contributed by atoms with Crippen molar-refractivity contribution in [2.75, 3.05) is 25.5 Å². The van der Waals surface area contributed by atoms with Crippen molar-refractivity contribution in [1.82, 2.24) is 10.4 Å². The third-order valence-corrected chi connectivity index (χ3v) is 4.87. The maximum atomic E-state index is 5.93. The Morgan fingerprint density at radius 1 is 1.32 bits per heavy atom. The first-order valence-electron chi connectivity index (χ1n) is 7.65. The Bertz CT molecular complexity index is 618. The summed E-state index contributed by atoms with van der Waals surface area (Å²) in [5.41, 5.74) is 7.01. The van der Waals surface area contributed by atoms with Crippen LogP contribution in [0.2, 0.25) is 5.02 Å². The van der Waals surface area contributed by atoms with Gasteiger partial charge in [-0.1, -0.05) is 29.3 Å². The summed E-state index contributed by atoms with van der Waals surface area (Å²) in [6.07, 6.45) is 8.70. The van der Waals surface area contributed by atoms with Gasteiger partial charge in [0.2, 0.25) is 0 Å². The van der Waals surface area contributed by atoms with Gasteiger partial charge in [-0.3, -0.25) is 5.43 Å². The largest absolute Gasteiger partial charge is 0.356 e. The van der Waals surface area contributed by atoms with Gasteiger partial charge in [0.15, 0.2) is 0 Å². The minimum atomic E-state index is 0.0619. The molecular formula is C18H22ClN3. The molecule has 2 aliphatic rings. The Morgan fingerprint density at radius 2 is 2.09 bits per heavy atom. The lowest BCUT2D eigenvalue weighted by Crippen LogP contribution is -2.49. The van der Waals surface area contributed by atoms with Gasteiger partial charge in [0.05, 0.1) is 0 Å². The fourth-order valence-electron chi connectivity index (χ4n) is 3.23. The summed E-state index contributed by atoms with van der Waals surface area (Å²) in [7, 11) is 1.98. The van der Waals surface area contributed by atoms with Crippen LogP contribution < -0.4 is 10.7 Å². The molecule has 0 amide bonds. The molecule has 1 heterocycles. The molecule has 1 fully saturated rings. The molecule has 4 heteroatoms. The molecule has 3 rings (SSSR count). The van der Waals surface area contributed by atoms with Gasteiger partial charge in [0.1, 0.15) is 0 Å². The van der Waals surface area contributed by atoms with Crippen molar-refractivity contribution in [3.63, 3.8) is 0 Å². The molecule has 1 aliphatic heterocycles. The highest BCUT2D eigenvalue weighted by Crippen LogP contribution is 2.42. The van der Waals surface area contributed by atoms with Crippen LogP contribution in [0.1, 0.15) is 12.8 Å². The van der Waals surface area contributed by atoms with E-state index in [1.165, 1.54) is 5.57 Å². The molecule has 2 N–H and O–H groups in total. The average Bonchev–Trinajstić information content (AvgIpc) is 2.56. The zero-order valence-corrected chi connectivity index (χ0v) is 13.7. The molecule has 0 saturated carbocycles. The summed E-state index contributed by atoms with van der Waals surface area (Å²) < 4.78 is 0. The number of fused-ring (bicyclic) bond motifs is 1. The number of nitrogens with zero attached hydrogens (tertiary/aromatic N) is 1. The van der Waals surface area contributed by atoms with E-state index in [1.807, 2.05) is 31.3 Å². The van der Waals surface area contributed by atoms with Crippen molar-refractivity contribution in [1.29, 1.82) is 0 Å². The van der Waals surface area contributed by atoms with Gasteiger partial charge < -0.3 is 5.32 Å². The maximum absolute atomic E-state index is 5.93. The van der Waals surface area contributed by atoms with E-state index in [9.17, 15) is 0 Å². The quantitative estimate of drug-likeness (QED) is 0.823. The molecule has 1 saturated heterocycles. The minimum Gasteiger partial charge on any atom is -0.356 e. The summed E-state index contributed by atoms with van der Waals surface area (Å²) >= 11 is 5.93. The van der Waals surface area contributed by atoms with Crippen LogP contribution in [0.25, 0.3) is 0 Å². The number of hydrogen-bond donors (Lipinski definition) is 2. The number of benzene rings is 1. The first-order valence-corrected chi connectivity index (χ1v) is 8.03. The summed E-state index contributed by atoms with van der Waals surface area (Å²) in [5, 5.41) is 6.49. The molecule has 1 unspecified atom stereocenters. The van der Waals surface area contributed by atoms with Gasteiger partial charge in [-0.15, -0.1) is 6.58 Å². The van der Waals surface area contributed by atoms with Crippen molar-refractivity contribution >= 4 is 17.3 Å². The molecule has 3 nitrogen and oxygen atoms in total. The second-order valence-electron chi connectivity index (χ2n) is 5.92. The Labute approximate surface area is 137 Å². The average molecular weight is 316 g/mol. The zero-order valence-electron chi connectivity index (χ0n) is 12.9. The van der Waals surface area contributed by atoms with Crippen molar-refractivity contribution in [2.24, 2.45) is 5.41 Å². The van der Waals surface area contributed by atoms with Crippen molar-refractivity contribution in [3.05, 3.63) is 65.4 Å². The van der Waals surface area contributed by atoms with Crippen LogP contribution in [0.4, 0.5) is 5.69 Å². The first-order chi connectivity index (χ1) is 10.6. The number of halogens is 1. The summed E-state index contributed by atoms with van der Waals surface area (Å²) in [6, 6.07) is 7.81. The van der Waals surface area contributed by atoms with E-state index in [1.54, 1.807) is 0 Å². The van der Waals surface area contributed by atoms with Crippen LogP contribution in [-0.4, -0.2) is 25.1 Å². The van der Waals surface area contributed by atoms with E-state index in [0.29, 0.717) is 0 Å². The lowest BCUT2D eigenvalue weighted by molar-refractivity contribution is 0.126. The van der Waals surface area contributed by atoms with Crippen LogP contribution in [0.5, 0.6) is 0 Å². The van der Waals surface area contributed by atoms with Crippen LogP contribution in [0, 0.1) is 5.41 Å². The summed E-state index contributed by atoms with van der Waals surface area (Å²) in [4.78, 5) is 0. The zero-order chi connectivity index (χ0) is 15.6. The molecule has 1 atom stereocenters. The Balaban J connectivity index is 1.78. The highest BCUT2D eigenvalue weighted by Gasteiger charge is 2.37. The number of hydrazine groups is 1. The molecule has 1 aromatic carbocycles. The highest BCUT2D eigenvalue weighted by molar-refractivity contribution is 6.30. The summed E-state index contributed by atoms with van der Waals surface area (Å²) in [5.74, 6) is 0. The normalized spacial score (nSPS) is 25.0. The molecular weight excluding hydrogens is 294 g/mol. The van der Waals surface area contributed by atoms with E-state index >= 15 is 0 Å². The number of hydrogen-bond acceptors (Lipinski definition) is 3. The molecule has 116 valence electrons. The Kier molecular flexibility index (Phi) is 4.39. The predicted molar refractivity (Wildman–Crippen MR) is 93.7 cm³/mol. The molecule has 1 aromatic rings. The van der Waals surface area contributed by atoms with E-state index in [-0.39, 0.29) is 5.41 Å². The number of anilines is 1. The van der Waals surface area contributed by atoms with Crippen molar-refractivity contribution in [3.8, 4) is 0 Å². The third kappa shape index (κ3) is 2.98. The lowest BCUT2D eigenvalue weighted by atomic mass is 9.71. The van der Waals surface area contributed by atoms with Gasteiger partial charge in [-0.25, -0.2) is 5.01 Å². The third-order valence-electron chi connectivity index (χ3n) is 4.62. The summed E-state index contributed by atoms with van der Waals surface area (Å²) in [6.45, 7) is 6.10. The Morgan fingerprint density at radius 3 is 2.77 bits per heavy atom. The van der Waals surface area contributed by atoms with Crippen LogP contribution in [0.3, 0.4) is 0 Å². The topological polar surface area (TPSA) is 27.3 Å². The fourth-order valence-corrected chi connectivity index (χ4v) is 3.36. The second kappa shape index (κ2) is 6.29. The van der Waals surface area contributed by atoms with Crippen molar-refractivity contribution in [2.45, 2.75) is 12.8 Å². The number of rotatable bonds is 4. The molecule has 0 aromatic heterocycles. The van der Waals surface area contributed by atoms with Gasteiger partial charge in [-0.05, 0) is 50.2 Å². The van der Waals surface area contributed by atoms with Crippen LogP contribution in [-0.2, 0) is 0 Å². The molecule has 0 spiro atoms.